The van der Waals surface area contributed by atoms with E-state index in [1.165, 1.54) is 12.1 Å². The van der Waals surface area contributed by atoms with Crippen molar-refractivity contribution in [3.05, 3.63) is 28.8 Å². The lowest BCUT2D eigenvalue weighted by Gasteiger charge is -2.04. The van der Waals surface area contributed by atoms with E-state index >= 15 is 0 Å². The van der Waals surface area contributed by atoms with Crippen molar-refractivity contribution in [2.45, 2.75) is 6.92 Å². The minimum Gasteiger partial charge on any atom is -0.320 e. The molecule has 0 atom stereocenters. The smallest absolute Gasteiger partial charge is 0.170 e. The summed E-state index contributed by atoms with van der Waals surface area (Å²) >= 11 is 0. The van der Waals surface area contributed by atoms with Crippen molar-refractivity contribution in [1.82, 2.24) is 0 Å². The molecule has 2 N–H and O–H groups in total. The predicted molar refractivity (Wildman–Crippen MR) is 46.5 cm³/mol. The van der Waals surface area contributed by atoms with Crippen molar-refractivity contribution in [1.29, 1.82) is 10.5 Å². The van der Waals surface area contributed by atoms with Crippen LogP contribution in [0, 0.1) is 29.6 Å². The summed E-state index contributed by atoms with van der Waals surface area (Å²) in [5.41, 5.74) is 1.33. The summed E-state index contributed by atoms with van der Waals surface area (Å²) in [5, 5.41) is 17.5. The molecule has 0 bridgehead atoms. The van der Waals surface area contributed by atoms with Gasteiger partial charge in [-0.15, -0.1) is 0 Å². The van der Waals surface area contributed by atoms with Crippen LogP contribution in [0.4, 0.5) is 0 Å². The highest BCUT2D eigenvalue weighted by molar-refractivity contribution is 5.51. The molecule has 0 saturated heterocycles. The van der Waals surface area contributed by atoms with E-state index in [4.69, 9.17) is 16.4 Å². The Morgan fingerprint density at radius 1 is 1.21 bits per heavy atom. The molecule has 0 aliphatic rings. The molecule has 0 unspecified atom stereocenters. The molecule has 0 saturated carbocycles. The molecule has 0 heterocycles. The van der Waals surface area contributed by atoms with Crippen LogP contribution in [-0.2, 0) is 4.99 Å². The molecule has 1 rings (SSSR count). The molecule has 70 valence electrons. The molecule has 0 fully saturated rings. The van der Waals surface area contributed by atoms with Gasteiger partial charge in [-0.25, -0.2) is 0 Å². The van der Waals surface area contributed by atoms with Gasteiger partial charge in [-0.3, -0.25) is 0 Å². The van der Waals surface area contributed by atoms with Crippen molar-refractivity contribution in [3.63, 3.8) is 0 Å². The molecule has 1 aromatic rings. The van der Waals surface area contributed by atoms with Crippen molar-refractivity contribution < 1.29 is 9.88 Å². The van der Waals surface area contributed by atoms with Crippen molar-refractivity contribution in [3.8, 4) is 17.9 Å². The maximum Gasteiger partial charge on any atom is 0.170 e. The third-order valence-electron chi connectivity index (χ3n) is 1.77. The quantitative estimate of drug-likeness (QED) is 0.551. The second-order valence-corrected chi connectivity index (χ2v) is 2.55. The Labute approximate surface area is 80.8 Å². The zero-order chi connectivity index (χ0) is 10.6. The van der Waals surface area contributed by atoms with Gasteiger partial charge >= 0.3 is 0 Å². The van der Waals surface area contributed by atoms with Gasteiger partial charge in [0.1, 0.15) is 0 Å². The normalized spacial score (nSPS) is 8.86. The highest BCUT2D eigenvalue weighted by Gasteiger charge is 2.07. The topological polar surface area (TPSA) is 92.1 Å². The van der Waals surface area contributed by atoms with Crippen LogP contribution in [0.1, 0.15) is 16.7 Å². The minimum atomic E-state index is 0.228. The molecule has 5 nitrogen and oxygen atoms in total. The summed E-state index contributed by atoms with van der Waals surface area (Å²) < 4.78 is 0. The number of nitrogens with two attached hydrogens (primary N) is 1. The minimum absolute atomic E-state index is 0.228. The maximum atomic E-state index is 8.74. The van der Waals surface area contributed by atoms with Gasteiger partial charge in [0.25, 0.3) is 0 Å². The molecule has 0 aromatic heterocycles. The Morgan fingerprint density at radius 2 is 1.71 bits per heavy atom. The zero-order valence-electron chi connectivity index (χ0n) is 7.44. The number of rotatable bonds is 2. The Bertz CT molecular complexity index is 394. The van der Waals surface area contributed by atoms with E-state index in [9.17, 15) is 0 Å². The highest BCUT2D eigenvalue weighted by atomic mass is 17.3. The number of hydrogen-bond acceptors (Lipinski definition) is 5. The fraction of sp³-hybridized carbons (Fsp3) is 0.111. The van der Waals surface area contributed by atoms with E-state index in [0.717, 1.165) is 0 Å². The average molecular weight is 189 g/mol. The second kappa shape index (κ2) is 4.24. The van der Waals surface area contributed by atoms with E-state index in [1.807, 2.05) is 12.1 Å². The van der Waals surface area contributed by atoms with Crippen LogP contribution >= 0.6 is 0 Å². The molecule has 14 heavy (non-hydrogen) atoms. The first-order chi connectivity index (χ1) is 6.72. The number of nitriles is 2. The van der Waals surface area contributed by atoms with E-state index < -0.39 is 0 Å². The molecule has 0 amide bonds. The van der Waals surface area contributed by atoms with Crippen molar-refractivity contribution in [2.24, 2.45) is 5.90 Å². The number of nitrogens with zero attached hydrogens (tertiary/aromatic N) is 2. The molecule has 0 aliphatic heterocycles. The lowest BCUT2D eigenvalue weighted by molar-refractivity contribution is -0.211. The van der Waals surface area contributed by atoms with Crippen LogP contribution < -0.4 is 10.8 Å². The molecule has 0 spiro atoms. The third kappa shape index (κ3) is 1.80. The van der Waals surface area contributed by atoms with E-state index in [-0.39, 0.29) is 5.75 Å². The Kier molecular flexibility index (Phi) is 3.03. The van der Waals surface area contributed by atoms with Crippen LogP contribution in [0.15, 0.2) is 12.1 Å². The first-order valence-electron chi connectivity index (χ1n) is 3.71. The fourth-order valence-electron chi connectivity index (χ4n) is 1.02. The van der Waals surface area contributed by atoms with E-state index in [2.05, 4.69) is 9.88 Å². The van der Waals surface area contributed by atoms with Gasteiger partial charge in [-0.2, -0.15) is 16.4 Å². The van der Waals surface area contributed by atoms with Crippen molar-refractivity contribution in [2.75, 3.05) is 0 Å². The molecular formula is C9H7N3O2. The summed E-state index contributed by atoms with van der Waals surface area (Å²) in [6.45, 7) is 1.68. The van der Waals surface area contributed by atoms with Gasteiger partial charge in [0, 0.05) is 12.1 Å². The number of hydrogen-bond donors (Lipinski definition) is 1. The van der Waals surface area contributed by atoms with Gasteiger partial charge in [-0.1, -0.05) is 4.99 Å². The first-order valence-corrected chi connectivity index (χ1v) is 3.71. The molecule has 5 heteroatoms. The SMILES string of the molecule is Cc1c(C#N)cc(OON)cc1C#N. The highest BCUT2D eigenvalue weighted by Crippen LogP contribution is 2.20. The Hall–Kier alpha value is -2.08. The van der Waals surface area contributed by atoms with Crippen LogP contribution in [-0.4, -0.2) is 0 Å². The van der Waals surface area contributed by atoms with Gasteiger partial charge in [0.2, 0.25) is 0 Å². The maximum absolute atomic E-state index is 8.74. The predicted octanol–water partition coefficient (Wildman–Crippen LogP) is 0.922. The summed E-state index contributed by atoms with van der Waals surface area (Å²) in [7, 11) is 0. The van der Waals surface area contributed by atoms with Crippen LogP contribution in [0.2, 0.25) is 0 Å². The summed E-state index contributed by atoms with van der Waals surface area (Å²) in [5.74, 6) is 4.92. The average Bonchev–Trinajstić information content (AvgIpc) is 2.20. The number of benzene rings is 1. The first kappa shape index (κ1) is 10.0. The van der Waals surface area contributed by atoms with Gasteiger partial charge < -0.3 is 4.89 Å². The molecule has 1 aromatic carbocycles. The van der Waals surface area contributed by atoms with Crippen LogP contribution in [0.25, 0.3) is 0 Å². The van der Waals surface area contributed by atoms with Gasteiger partial charge in [0.05, 0.1) is 23.3 Å². The van der Waals surface area contributed by atoms with Gasteiger partial charge in [-0.05, 0) is 12.5 Å². The lowest BCUT2D eigenvalue weighted by Crippen LogP contribution is -2.04. The van der Waals surface area contributed by atoms with E-state index in [0.29, 0.717) is 16.7 Å². The van der Waals surface area contributed by atoms with Crippen LogP contribution in [0.3, 0.4) is 0 Å². The monoisotopic (exact) mass is 189 g/mol. The molecule has 0 aliphatic carbocycles. The second-order valence-electron chi connectivity index (χ2n) is 2.55. The Balaban J connectivity index is 3.28. The van der Waals surface area contributed by atoms with E-state index in [1.54, 1.807) is 6.92 Å². The third-order valence-corrected chi connectivity index (χ3v) is 1.77. The summed E-state index contributed by atoms with van der Waals surface area (Å²) in [4.78, 5) is 8.47. The van der Waals surface area contributed by atoms with Crippen molar-refractivity contribution >= 4 is 0 Å². The lowest BCUT2D eigenvalue weighted by atomic mass is 10.0. The molecule has 0 radical (unpaired) electrons. The fourth-order valence-corrected chi connectivity index (χ4v) is 1.02. The largest absolute Gasteiger partial charge is 0.320 e. The standard InChI is InChI=1S/C9H7N3O2/c1-6-7(4-10)2-9(13-14-12)3-8(6)5-11/h2-3H,12H2,1H3. The van der Waals surface area contributed by atoms with Gasteiger partial charge in [0.15, 0.2) is 5.75 Å². The summed E-state index contributed by atoms with van der Waals surface area (Å²) in [6.07, 6.45) is 0. The van der Waals surface area contributed by atoms with Crippen LogP contribution in [0.5, 0.6) is 5.75 Å². The Morgan fingerprint density at radius 3 is 2.07 bits per heavy atom. The summed E-state index contributed by atoms with van der Waals surface area (Å²) in [6, 6.07) is 6.78. The molecular weight excluding hydrogens is 182 g/mol. The zero-order valence-corrected chi connectivity index (χ0v) is 7.44.